The molecule has 3 aromatic rings. The first kappa shape index (κ1) is 19.6. The molecule has 0 spiro atoms. The van der Waals surface area contributed by atoms with Crippen molar-refractivity contribution >= 4 is 0 Å². The third-order valence-corrected chi connectivity index (χ3v) is 6.78. The van der Waals surface area contributed by atoms with E-state index in [-0.39, 0.29) is 12.5 Å². The lowest BCUT2D eigenvalue weighted by Gasteiger charge is -2.41. The van der Waals surface area contributed by atoms with Crippen LogP contribution in [0.15, 0.2) is 67.0 Å². The van der Waals surface area contributed by atoms with Gasteiger partial charge >= 0.3 is 0 Å². The van der Waals surface area contributed by atoms with Gasteiger partial charge in [-0.3, -0.25) is 4.98 Å². The maximum atomic E-state index is 12.5. The lowest BCUT2D eigenvalue weighted by Crippen LogP contribution is -2.51. The van der Waals surface area contributed by atoms with Crippen molar-refractivity contribution in [2.45, 2.75) is 23.5 Å². The van der Waals surface area contributed by atoms with Crippen LogP contribution in [0, 0.1) is 17.2 Å². The van der Waals surface area contributed by atoms with E-state index in [1.165, 1.54) is 7.11 Å². The van der Waals surface area contributed by atoms with Crippen LogP contribution >= 0.6 is 0 Å². The smallest absolute Gasteiger partial charge is 0.174 e. The van der Waals surface area contributed by atoms with Gasteiger partial charge in [-0.1, -0.05) is 42.5 Å². The summed E-state index contributed by atoms with van der Waals surface area (Å²) >= 11 is 0. The molecule has 0 amide bonds. The van der Waals surface area contributed by atoms with Crippen LogP contribution in [0.3, 0.4) is 0 Å². The van der Waals surface area contributed by atoms with Gasteiger partial charge in [0.05, 0.1) is 36.7 Å². The molecule has 3 unspecified atom stereocenters. The number of pyridine rings is 1. The molecule has 6 nitrogen and oxygen atoms in total. The molecular weight excluding hydrogens is 392 g/mol. The van der Waals surface area contributed by atoms with E-state index in [4.69, 9.17) is 9.47 Å². The monoisotopic (exact) mass is 414 g/mol. The van der Waals surface area contributed by atoms with Gasteiger partial charge in [-0.25, -0.2) is 0 Å². The van der Waals surface area contributed by atoms with Gasteiger partial charge in [0, 0.05) is 18.4 Å². The van der Waals surface area contributed by atoms with Crippen molar-refractivity contribution in [2.24, 2.45) is 5.92 Å². The summed E-state index contributed by atoms with van der Waals surface area (Å²) in [4.78, 5) is 4.22. The molecule has 0 saturated heterocycles. The molecule has 2 aliphatic rings. The lowest BCUT2D eigenvalue weighted by molar-refractivity contribution is -0.135. The fourth-order valence-electron chi connectivity index (χ4n) is 5.47. The fraction of sp³-hybridized carbons (Fsp3) is 0.280. The predicted octanol–water partition coefficient (Wildman–Crippen LogP) is 3.23. The number of hydrogen-bond donors (Lipinski definition) is 2. The van der Waals surface area contributed by atoms with E-state index in [2.05, 4.69) is 11.1 Å². The second-order valence-electron chi connectivity index (χ2n) is 8.09. The van der Waals surface area contributed by atoms with Crippen molar-refractivity contribution in [1.29, 1.82) is 5.26 Å². The largest absolute Gasteiger partial charge is 0.495 e. The molecule has 0 radical (unpaired) electrons. The van der Waals surface area contributed by atoms with Crippen molar-refractivity contribution in [3.63, 3.8) is 0 Å². The minimum Gasteiger partial charge on any atom is -0.495 e. The summed E-state index contributed by atoms with van der Waals surface area (Å²) in [5.74, 6) is 0.111. The molecule has 2 heterocycles. The van der Waals surface area contributed by atoms with E-state index >= 15 is 0 Å². The van der Waals surface area contributed by atoms with Crippen molar-refractivity contribution in [2.75, 3.05) is 13.7 Å². The number of methoxy groups -OCH3 is 1. The Balaban J connectivity index is 1.82. The summed E-state index contributed by atoms with van der Waals surface area (Å²) in [6.07, 6.45) is 3.65. The maximum absolute atomic E-state index is 12.5. The van der Waals surface area contributed by atoms with Crippen LogP contribution in [-0.4, -0.2) is 28.9 Å². The SMILES string of the molecule is COc1cncc2c1[C@]1(O)C(CO)CC(c3ccccc3)C1(c1ccc(C#N)cc1)O2. The Labute approximate surface area is 180 Å². The highest BCUT2D eigenvalue weighted by molar-refractivity contribution is 5.58. The molecule has 0 bridgehead atoms. The van der Waals surface area contributed by atoms with E-state index in [1.807, 2.05) is 42.5 Å². The highest BCUT2D eigenvalue weighted by atomic mass is 16.5. The average molecular weight is 414 g/mol. The average Bonchev–Trinajstić information content (AvgIpc) is 3.24. The number of nitriles is 1. The van der Waals surface area contributed by atoms with E-state index in [9.17, 15) is 15.5 Å². The zero-order valence-corrected chi connectivity index (χ0v) is 17.0. The molecule has 1 aromatic heterocycles. The van der Waals surface area contributed by atoms with Gasteiger partial charge in [-0.15, -0.1) is 0 Å². The number of benzene rings is 2. The molecule has 31 heavy (non-hydrogen) atoms. The van der Waals surface area contributed by atoms with E-state index in [1.54, 1.807) is 24.5 Å². The van der Waals surface area contributed by atoms with E-state index < -0.39 is 17.1 Å². The number of aromatic nitrogens is 1. The van der Waals surface area contributed by atoms with Crippen molar-refractivity contribution < 1.29 is 19.7 Å². The third-order valence-electron chi connectivity index (χ3n) is 6.78. The first-order valence-corrected chi connectivity index (χ1v) is 10.2. The quantitative estimate of drug-likeness (QED) is 0.681. The highest BCUT2D eigenvalue weighted by Crippen LogP contribution is 2.69. The zero-order valence-electron chi connectivity index (χ0n) is 17.0. The molecule has 2 N–H and O–H groups in total. The molecule has 5 rings (SSSR count). The summed E-state index contributed by atoms with van der Waals surface area (Å²) < 4.78 is 12.2. The Kier molecular flexibility index (Phi) is 4.47. The first-order valence-electron chi connectivity index (χ1n) is 10.2. The molecule has 1 aliphatic carbocycles. The molecule has 4 atom stereocenters. The van der Waals surface area contributed by atoms with Gasteiger partial charge in [-0.2, -0.15) is 5.26 Å². The molecule has 2 aromatic carbocycles. The summed E-state index contributed by atoms with van der Waals surface area (Å²) in [6, 6.07) is 19.1. The van der Waals surface area contributed by atoms with Crippen molar-refractivity contribution in [3.05, 3.63) is 89.2 Å². The van der Waals surface area contributed by atoms with Crippen LogP contribution < -0.4 is 9.47 Å². The Bertz CT molecular complexity index is 1160. The predicted molar refractivity (Wildman–Crippen MR) is 113 cm³/mol. The van der Waals surface area contributed by atoms with Crippen molar-refractivity contribution in [3.8, 4) is 17.6 Å². The summed E-state index contributed by atoms with van der Waals surface area (Å²) in [7, 11) is 1.53. The molecule has 1 fully saturated rings. The number of ether oxygens (including phenoxy) is 2. The normalized spacial score (nSPS) is 28.3. The third kappa shape index (κ3) is 2.48. The second-order valence-corrected chi connectivity index (χ2v) is 8.09. The number of aliphatic hydroxyl groups is 2. The highest BCUT2D eigenvalue weighted by Gasteiger charge is 2.73. The summed E-state index contributed by atoms with van der Waals surface area (Å²) in [5.41, 5.74) is -0.00898. The van der Waals surface area contributed by atoms with Gasteiger partial charge in [0.15, 0.2) is 5.60 Å². The van der Waals surface area contributed by atoms with Crippen LogP contribution in [0.1, 0.15) is 34.6 Å². The molecular formula is C25H22N2O4. The number of hydrogen-bond acceptors (Lipinski definition) is 6. The van der Waals surface area contributed by atoms with Crippen molar-refractivity contribution in [1.82, 2.24) is 4.98 Å². The summed E-state index contributed by atoms with van der Waals surface area (Å²) in [6.45, 7) is -0.216. The molecule has 1 aliphatic heterocycles. The van der Waals surface area contributed by atoms with E-state index in [0.717, 1.165) is 11.1 Å². The van der Waals surface area contributed by atoms with Gasteiger partial charge in [0.1, 0.15) is 17.1 Å². The second kappa shape index (κ2) is 7.09. The number of fused-ring (bicyclic) bond motifs is 3. The number of rotatable bonds is 4. The Morgan fingerprint density at radius 1 is 1.16 bits per heavy atom. The molecule has 156 valence electrons. The van der Waals surface area contributed by atoms with Crippen LogP contribution in [0.2, 0.25) is 0 Å². The minimum absolute atomic E-state index is 0.216. The Hall–Kier alpha value is -3.40. The standard InChI is InChI=1S/C25H22N2O4/c1-30-21-13-27-14-22-23(21)24(29)19(15-28)11-20(17-5-3-2-4-6-17)25(24,31-22)18-9-7-16(12-26)8-10-18/h2-10,13-14,19-20,28-29H,11,15H2,1H3/t19?,20?,24-,25?/m1/s1. The van der Waals surface area contributed by atoms with E-state index in [0.29, 0.717) is 29.0 Å². The Morgan fingerprint density at radius 3 is 2.55 bits per heavy atom. The topological polar surface area (TPSA) is 95.6 Å². The molecule has 1 saturated carbocycles. The van der Waals surface area contributed by atoms with Gasteiger partial charge in [0.25, 0.3) is 0 Å². The van der Waals surface area contributed by atoms with Crippen LogP contribution in [0.25, 0.3) is 0 Å². The van der Waals surface area contributed by atoms with Gasteiger partial charge < -0.3 is 19.7 Å². The van der Waals surface area contributed by atoms with Gasteiger partial charge in [0.2, 0.25) is 0 Å². The van der Waals surface area contributed by atoms with Crippen LogP contribution in [0.5, 0.6) is 11.5 Å². The lowest BCUT2D eigenvalue weighted by atomic mass is 9.70. The van der Waals surface area contributed by atoms with Crippen LogP contribution in [0.4, 0.5) is 0 Å². The first-order chi connectivity index (χ1) is 15.1. The maximum Gasteiger partial charge on any atom is 0.174 e. The summed E-state index contributed by atoms with van der Waals surface area (Å²) in [5, 5.41) is 32.1. The number of aliphatic hydroxyl groups excluding tert-OH is 1. The van der Waals surface area contributed by atoms with Crippen LogP contribution in [-0.2, 0) is 11.2 Å². The number of nitrogens with zero attached hydrogens (tertiary/aromatic N) is 2. The Morgan fingerprint density at radius 2 is 1.90 bits per heavy atom. The minimum atomic E-state index is -1.56. The fourth-order valence-corrected chi connectivity index (χ4v) is 5.47. The van der Waals surface area contributed by atoms with Gasteiger partial charge in [-0.05, 0) is 29.7 Å². The zero-order chi connectivity index (χ0) is 21.6. The molecule has 6 heteroatoms.